The molecule has 0 amide bonds. The molecule has 6 heteroatoms. The second-order valence-electron chi connectivity index (χ2n) is 0.513. The molecule has 4 nitrogen and oxygen atoms in total. The Morgan fingerprint density at radius 3 is 1.17 bits per heavy atom. The fourth-order valence-electron chi connectivity index (χ4n) is 0. The van der Waals surface area contributed by atoms with Crippen LogP contribution in [0.3, 0.4) is 0 Å². The molecule has 35 valence electrons. The molecule has 0 aliphatic rings. The van der Waals surface area contributed by atoms with Crippen LogP contribution in [0.1, 0.15) is 0 Å². The number of hydrogen-bond acceptors (Lipinski definition) is 1. The van der Waals surface area contributed by atoms with Crippen molar-refractivity contribution < 1.29 is 19.2 Å². The van der Waals surface area contributed by atoms with Crippen molar-refractivity contribution in [2.24, 2.45) is 0 Å². The fourth-order valence-corrected chi connectivity index (χ4v) is 0. The van der Waals surface area contributed by atoms with Gasteiger partial charge in [0.05, 0.1) is 0 Å². The van der Waals surface area contributed by atoms with Crippen LogP contribution in [0, 0.1) is 0 Å². The van der Waals surface area contributed by atoms with Gasteiger partial charge in [-0.3, -0.25) is 0 Å². The molecule has 0 saturated carbocycles. The first kappa shape index (κ1) is 10.1. The van der Waals surface area contributed by atoms with E-state index in [9.17, 15) is 0 Å². The van der Waals surface area contributed by atoms with Crippen molar-refractivity contribution in [3.05, 3.63) is 0 Å². The summed E-state index contributed by atoms with van der Waals surface area (Å²) in [6.07, 6.45) is 0. The smallest absolute Gasteiger partial charge is 0.303 e. The molecule has 0 spiro atoms. The molecule has 0 aromatic heterocycles. The van der Waals surface area contributed by atoms with Crippen molar-refractivity contribution >= 4 is 33.7 Å². The first-order valence-corrected chi connectivity index (χ1v) is 2.35. The van der Waals surface area contributed by atoms with Crippen molar-refractivity contribution in [1.82, 2.24) is 0 Å². The molecule has 0 rings (SSSR count). The van der Waals surface area contributed by atoms with E-state index in [0.29, 0.717) is 0 Å². The zero-order chi connectivity index (χ0) is 4.50. The summed E-state index contributed by atoms with van der Waals surface area (Å²) in [4.78, 5) is 21.6. The predicted molar refractivity (Wildman–Crippen MR) is 20.0 cm³/mol. The molecule has 0 aliphatic heterocycles. The van der Waals surface area contributed by atoms with E-state index in [2.05, 4.69) is 0 Å². The van der Waals surface area contributed by atoms with Crippen LogP contribution in [0.15, 0.2) is 0 Å². The van der Waals surface area contributed by atoms with Crippen LogP contribution in [-0.4, -0.2) is 40.5 Å². The van der Waals surface area contributed by atoms with Gasteiger partial charge in [-0.25, -0.2) is 4.57 Å². The maximum absolute atomic E-state index is 8.88. The zero-order valence-corrected chi connectivity index (χ0v) is 6.96. The Morgan fingerprint density at radius 1 is 1.17 bits per heavy atom. The molecule has 6 heavy (non-hydrogen) atoms. The van der Waals surface area contributed by atoms with E-state index in [1.165, 1.54) is 0 Å². The SMILES string of the molecule is O=P(O)(O)O.[In]. The third kappa shape index (κ3) is 82.1. The van der Waals surface area contributed by atoms with Gasteiger partial charge in [0.15, 0.2) is 0 Å². The Balaban J connectivity index is 0. The molecule has 3 N–H and O–H groups in total. The fraction of sp³-hybridized carbons (Fsp3) is 0. The summed E-state index contributed by atoms with van der Waals surface area (Å²) in [5.74, 6) is 0. The quantitative estimate of drug-likeness (QED) is 0.436. The third-order valence-electron chi connectivity index (χ3n) is 0. The van der Waals surface area contributed by atoms with Crippen LogP contribution in [0.4, 0.5) is 0 Å². The van der Waals surface area contributed by atoms with Gasteiger partial charge < -0.3 is 14.7 Å². The van der Waals surface area contributed by atoms with E-state index in [4.69, 9.17) is 19.2 Å². The monoisotopic (exact) mass is 213 g/mol. The molecule has 0 fully saturated rings. The van der Waals surface area contributed by atoms with Crippen molar-refractivity contribution in [2.45, 2.75) is 0 Å². The summed E-state index contributed by atoms with van der Waals surface area (Å²) in [7, 11) is -4.64. The molecule has 0 atom stereocenters. The topological polar surface area (TPSA) is 77.8 Å². The van der Waals surface area contributed by atoms with Crippen molar-refractivity contribution in [3.63, 3.8) is 0 Å². The molecular formula is H3InO4P. The van der Waals surface area contributed by atoms with Crippen LogP contribution in [0.2, 0.25) is 0 Å². The molecule has 0 saturated heterocycles. The van der Waals surface area contributed by atoms with Crippen molar-refractivity contribution in [1.29, 1.82) is 0 Å². The summed E-state index contributed by atoms with van der Waals surface area (Å²) in [6.45, 7) is 0. The summed E-state index contributed by atoms with van der Waals surface area (Å²) in [6, 6.07) is 0. The van der Waals surface area contributed by atoms with Gasteiger partial charge in [-0.15, -0.1) is 0 Å². The number of hydrogen-bond donors (Lipinski definition) is 3. The van der Waals surface area contributed by atoms with E-state index in [-0.39, 0.29) is 25.8 Å². The van der Waals surface area contributed by atoms with E-state index in [0.717, 1.165) is 0 Å². The van der Waals surface area contributed by atoms with E-state index < -0.39 is 7.82 Å². The minimum absolute atomic E-state index is 0. The molecule has 0 heterocycles. The zero-order valence-electron chi connectivity index (χ0n) is 2.77. The van der Waals surface area contributed by atoms with Crippen LogP contribution < -0.4 is 0 Å². The van der Waals surface area contributed by atoms with E-state index in [1.54, 1.807) is 0 Å². The predicted octanol–water partition coefficient (Wildman–Crippen LogP) is -1.31. The second-order valence-corrected chi connectivity index (χ2v) is 1.54. The molecule has 0 unspecified atom stereocenters. The molecule has 3 radical (unpaired) electrons. The summed E-state index contributed by atoms with van der Waals surface area (Å²) in [5.41, 5.74) is 0. The first-order valence-electron chi connectivity index (χ1n) is 0.783. The maximum atomic E-state index is 8.88. The molecule has 0 aliphatic carbocycles. The first-order chi connectivity index (χ1) is 2.00. The molecule has 0 aromatic carbocycles. The summed E-state index contributed by atoms with van der Waals surface area (Å²) < 4.78 is 8.88. The average molecular weight is 213 g/mol. The van der Waals surface area contributed by atoms with Gasteiger partial charge in [-0.1, -0.05) is 0 Å². The van der Waals surface area contributed by atoms with Crippen LogP contribution in [-0.2, 0) is 4.57 Å². The Kier molecular flexibility index (Phi) is 5.11. The standard InChI is InChI=1S/In.H3O4P/c;1-5(2,3)4/h;(H3,1,2,3,4). The Morgan fingerprint density at radius 2 is 1.17 bits per heavy atom. The second kappa shape index (κ2) is 3.04. The number of phosphoric acid groups is 1. The van der Waals surface area contributed by atoms with Gasteiger partial charge in [0.1, 0.15) is 0 Å². The molecule has 0 aromatic rings. The van der Waals surface area contributed by atoms with E-state index >= 15 is 0 Å². The molecular weight excluding hydrogens is 210 g/mol. The van der Waals surface area contributed by atoms with Gasteiger partial charge in [0.2, 0.25) is 0 Å². The van der Waals surface area contributed by atoms with Crippen LogP contribution in [0.5, 0.6) is 0 Å². The van der Waals surface area contributed by atoms with Gasteiger partial charge in [-0.05, 0) is 0 Å². The Bertz CT molecular complexity index is 53.7. The van der Waals surface area contributed by atoms with Crippen LogP contribution >= 0.6 is 7.82 Å². The van der Waals surface area contributed by atoms with Gasteiger partial charge in [0.25, 0.3) is 0 Å². The van der Waals surface area contributed by atoms with Crippen molar-refractivity contribution in [3.8, 4) is 0 Å². The Hall–Kier alpha value is 0.980. The minimum atomic E-state index is -4.64. The largest absolute Gasteiger partial charge is 0.466 e. The Labute approximate surface area is 53.2 Å². The normalized spacial score (nSPS) is 9.83. The molecule has 0 bridgehead atoms. The van der Waals surface area contributed by atoms with Gasteiger partial charge >= 0.3 is 7.82 Å². The van der Waals surface area contributed by atoms with Gasteiger partial charge in [-0.2, -0.15) is 0 Å². The van der Waals surface area contributed by atoms with E-state index in [1.807, 2.05) is 0 Å². The average Bonchev–Trinajstić information content (AvgIpc) is 0.722. The third-order valence-corrected chi connectivity index (χ3v) is 0. The van der Waals surface area contributed by atoms with Crippen molar-refractivity contribution in [2.75, 3.05) is 0 Å². The number of rotatable bonds is 0. The minimum Gasteiger partial charge on any atom is -0.303 e. The summed E-state index contributed by atoms with van der Waals surface area (Å²) >= 11 is 0. The van der Waals surface area contributed by atoms with Crippen LogP contribution in [0.25, 0.3) is 0 Å². The maximum Gasteiger partial charge on any atom is 0.466 e. The van der Waals surface area contributed by atoms with Gasteiger partial charge in [0, 0.05) is 25.8 Å². The summed E-state index contributed by atoms with van der Waals surface area (Å²) in [5, 5.41) is 0.